The van der Waals surface area contributed by atoms with Gasteiger partial charge >= 0.3 is 5.97 Å². The molecule has 0 N–H and O–H groups in total. The third-order valence-corrected chi connectivity index (χ3v) is 18.0. The van der Waals surface area contributed by atoms with Crippen LogP contribution < -0.4 is 23.1 Å². The minimum atomic E-state index is -2.26. The van der Waals surface area contributed by atoms with E-state index < -0.39 is 34.5 Å². The predicted molar refractivity (Wildman–Crippen MR) is 191 cm³/mol. The zero-order valence-electron chi connectivity index (χ0n) is 30.3. The second-order valence-corrected chi connectivity index (χ2v) is 24.3. The minimum Gasteiger partial charge on any atom is -0.543 e. The van der Waals surface area contributed by atoms with Crippen molar-refractivity contribution in [3.63, 3.8) is 0 Å². The van der Waals surface area contributed by atoms with E-state index in [1.807, 2.05) is 42.5 Å². The summed E-state index contributed by atoms with van der Waals surface area (Å²) in [6.45, 7) is 21.8. The van der Waals surface area contributed by atoms with Gasteiger partial charge in [0.2, 0.25) is 16.6 Å². The Balaban J connectivity index is 2.14. The molecule has 0 aromatic heterocycles. The second-order valence-electron chi connectivity index (χ2n) is 14.8. The zero-order chi connectivity index (χ0) is 35.4. The van der Waals surface area contributed by atoms with Crippen molar-refractivity contribution in [2.75, 3.05) is 21.3 Å². The molecule has 8 nitrogen and oxygen atoms in total. The molecule has 0 heterocycles. The first kappa shape index (κ1) is 37.7. The molecule has 0 amide bonds. The molecule has 0 aliphatic heterocycles. The molecule has 1 unspecified atom stereocenters. The fourth-order valence-electron chi connectivity index (χ4n) is 4.24. The number of hydrogen-bond donors (Lipinski definition) is 0. The van der Waals surface area contributed by atoms with Gasteiger partial charge in [-0.05, 0) is 78.2 Å². The van der Waals surface area contributed by atoms with E-state index in [9.17, 15) is 9.59 Å². The number of rotatable bonds is 13. The molecule has 0 aliphatic rings. The molecule has 0 aliphatic carbocycles. The number of esters is 1. The van der Waals surface area contributed by atoms with Crippen LogP contribution in [0.25, 0.3) is 0 Å². The Bertz CT molecular complexity index is 1480. The molecular formula is C37H52O8Si2. The SMILES string of the molecule is COc1ccc(CC(OC(=O)C(=O)c2cc(OC)cc(OC)c2)c2cc(O[Si](C)(C)C(C)(C)C)cc(O[Si](C)(C)C(C)(C)C)c2)cc1. The summed E-state index contributed by atoms with van der Waals surface area (Å²) in [4.78, 5) is 27.1. The van der Waals surface area contributed by atoms with Gasteiger partial charge in [0.15, 0.2) is 0 Å². The van der Waals surface area contributed by atoms with Crippen LogP contribution in [0.2, 0.25) is 36.3 Å². The fourth-order valence-corrected chi connectivity index (χ4v) is 6.26. The number of methoxy groups -OCH3 is 3. The topological polar surface area (TPSA) is 89.5 Å². The number of ether oxygens (including phenoxy) is 4. The Kier molecular flexibility index (Phi) is 11.7. The highest BCUT2D eigenvalue weighted by Gasteiger charge is 2.41. The van der Waals surface area contributed by atoms with Crippen molar-refractivity contribution in [1.82, 2.24) is 0 Å². The predicted octanol–water partition coefficient (Wildman–Crippen LogP) is 9.19. The van der Waals surface area contributed by atoms with Crippen molar-refractivity contribution in [3.05, 3.63) is 77.4 Å². The van der Waals surface area contributed by atoms with Crippen LogP contribution in [0.5, 0.6) is 28.7 Å². The van der Waals surface area contributed by atoms with Gasteiger partial charge in [0.25, 0.3) is 5.78 Å². The third-order valence-electron chi connectivity index (χ3n) is 9.26. The van der Waals surface area contributed by atoms with Crippen molar-refractivity contribution >= 4 is 28.4 Å². The molecule has 0 radical (unpaired) electrons. The Morgan fingerprint density at radius 2 is 1.04 bits per heavy atom. The van der Waals surface area contributed by atoms with Crippen molar-refractivity contribution in [2.45, 2.75) is 90.3 Å². The molecule has 0 fully saturated rings. The standard InChI is InChI=1S/C37H52O8Si2/c1-36(2,3)46(10,11)44-31-19-26(20-32(24-31)45-47(12,13)37(4,5)6)33(18-25-14-16-28(40-7)17-15-25)43-35(39)34(38)27-21-29(41-8)23-30(22-27)42-9/h14-17,19-24,33H,18H2,1-13H3. The summed E-state index contributed by atoms with van der Waals surface area (Å²) >= 11 is 0. The third kappa shape index (κ3) is 9.64. The number of carbonyl (C=O) groups excluding carboxylic acids is 2. The Labute approximate surface area is 282 Å². The molecule has 0 bridgehead atoms. The Hall–Kier alpha value is -3.77. The molecule has 0 saturated carbocycles. The second kappa shape index (κ2) is 14.6. The van der Waals surface area contributed by atoms with Crippen molar-refractivity contribution in [2.24, 2.45) is 0 Å². The van der Waals surface area contributed by atoms with Crippen molar-refractivity contribution in [1.29, 1.82) is 0 Å². The molecule has 0 spiro atoms. The molecule has 3 aromatic rings. The monoisotopic (exact) mass is 680 g/mol. The highest BCUT2D eigenvalue weighted by molar-refractivity contribution is 6.75. The maximum absolute atomic E-state index is 13.6. The van der Waals surface area contributed by atoms with Crippen LogP contribution in [0.4, 0.5) is 0 Å². The van der Waals surface area contributed by atoms with Gasteiger partial charge in [-0.25, -0.2) is 4.79 Å². The van der Waals surface area contributed by atoms with Gasteiger partial charge in [-0.2, -0.15) is 0 Å². The molecule has 256 valence electrons. The molecule has 1 atom stereocenters. The quantitative estimate of drug-likeness (QED) is 0.0764. The smallest absolute Gasteiger partial charge is 0.380 e. The van der Waals surface area contributed by atoms with Crippen LogP contribution >= 0.6 is 0 Å². The molecule has 3 aromatic carbocycles. The zero-order valence-corrected chi connectivity index (χ0v) is 32.3. The lowest BCUT2D eigenvalue weighted by Crippen LogP contribution is -2.44. The van der Waals surface area contributed by atoms with Crippen molar-refractivity contribution in [3.8, 4) is 28.7 Å². The van der Waals surface area contributed by atoms with E-state index in [2.05, 4.69) is 67.7 Å². The first-order valence-corrected chi connectivity index (χ1v) is 21.7. The van der Waals surface area contributed by atoms with Crippen molar-refractivity contribution < 1.29 is 37.4 Å². The van der Waals surface area contributed by atoms with E-state index in [-0.39, 0.29) is 15.6 Å². The van der Waals surface area contributed by atoms with Crippen LogP contribution in [-0.4, -0.2) is 49.7 Å². The van der Waals surface area contributed by atoms with E-state index in [1.165, 1.54) is 26.4 Å². The van der Waals surface area contributed by atoms with Crippen LogP contribution in [0, 0.1) is 0 Å². The van der Waals surface area contributed by atoms with Gasteiger partial charge in [-0.1, -0.05) is 53.7 Å². The number of ketones is 1. The first-order valence-electron chi connectivity index (χ1n) is 15.8. The summed E-state index contributed by atoms with van der Waals surface area (Å²) in [6, 6.07) is 17.9. The summed E-state index contributed by atoms with van der Waals surface area (Å²) in [7, 11) is 0.0448. The van der Waals surface area contributed by atoms with Crippen LogP contribution in [0.3, 0.4) is 0 Å². The average Bonchev–Trinajstić information content (AvgIpc) is 2.98. The highest BCUT2D eigenvalue weighted by atomic mass is 28.4. The van der Waals surface area contributed by atoms with Gasteiger partial charge < -0.3 is 27.8 Å². The lowest BCUT2D eigenvalue weighted by molar-refractivity contribution is -0.143. The maximum atomic E-state index is 13.6. The van der Waals surface area contributed by atoms with E-state index >= 15 is 0 Å². The normalized spacial score (nSPS) is 13.0. The molecular weight excluding hydrogens is 629 g/mol. The summed E-state index contributed by atoms with van der Waals surface area (Å²) in [5.41, 5.74) is 1.66. The van der Waals surface area contributed by atoms with Gasteiger partial charge in [-0.15, -0.1) is 0 Å². The number of carbonyl (C=O) groups is 2. The molecule has 10 heteroatoms. The van der Waals surface area contributed by atoms with Gasteiger partial charge in [0.05, 0.1) is 21.3 Å². The lowest BCUT2D eigenvalue weighted by Gasteiger charge is -2.38. The number of Topliss-reactive ketones (excluding diaryl/α,β-unsaturated/α-hetero) is 1. The summed E-state index contributed by atoms with van der Waals surface area (Å²) in [6.07, 6.45) is -0.537. The first-order chi connectivity index (χ1) is 21.7. The molecule has 47 heavy (non-hydrogen) atoms. The summed E-state index contributed by atoms with van der Waals surface area (Å²) in [5.74, 6) is 0.954. The summed E-state index contributed by atoms with van der Waals surface area (Å²) < 4.78 is 35.6. The maximum Gasteiger partial charge on any atom is 0.380 e. The largest absolute Gasteiger partial charge is 0.543 e. The van der Waals surface area contributed by atoms with E-state index in [0.717, 1.165) is 5.56 Å². The van der Waals surface area contributed by atoms with Crippen LogP contribution in [0.15, 0.2) is 60.7 Å². The van der Waals surface area contributed by atoms with E-state index in [1.54, 1.807) is 13.2 Å². The molecule has 0 saturated heterocycles. The molecule has 3 rings (SSSR count). The number of hydrogen-bond acceptors (Lipinski definition) is 8. The Morgan fingerprint density at radius 3 is 1.45 bits per heavy atom. The van der Waals surface area contributed by atoms with E-state index in [4.69, 9.17) is 27.8 Å². The number of benzene rings is 3. The summed E-state index contributed by atoms with van der Waals surface area (Å²) in [5, 5.41) is -0.106. The minimum absolute atomic E-state index is 0.0529. The van der Waals surface area contributed by atoms with E-state index in [0.29, 0.717) is 40.7 Å². The van der Waals surface area contributed by atoms with Gasteiger partial charge in [0.1, 0.15) is 34.9 Å². The van der Waals surface area contributed by atoms with Gasteiger partial charge in [-0.3, -0.25) is 4.79 Å². The fraction of sp³-hybridized carbons (Fsp3) is 0.459. The average molecular weight is 681 g/mol. The van der Waals surface area contributed by atoms with Crippen LogP contribution in [-0.2, 0) is 16.0 Å². The Morgan fingerprint density at radius 1 is 0.617 bits per heavy atom. The highest BCUT2D eigenvalue weighted by Crippen LogP contribution is 2.42. The lowest BCUT2D eigenvalue weighted by atomic mass is 10.00. The van der Waals surface area contributed by atoms with Crippen LogP contribution in [0.1, 0.15) is 69.1 Å². The van der Waals surface area contributed by atoms with Gasteiger partial charge in [0, 0.05) is 29.7 Å².